The van der Waals surface area contributed by atoms with Gasteiger partial charge in [0.25, 0.3) is 0 Å². The molecule has 5 nitrogen and oxygen atoms in total. The van der Waals surface area contributed by atoms with E-state index in [2.05, 4.69) is 4.98 Å². The lowest BCUT2D eigenvalue weighted by Crippen LogP contribution is -2.44. The molecular weight excluding hydrogens is 293 g/mol. The fourth-order valence-corrected chi connectivity index (χ4v) is 2.66. The minimum atomic E-state index is -2.16. The van der Waals surface area contributed by atoms with Crippen LogP contribution in [0.4, 0.5) is 0 Å². The van der Waals surface area contributed by atoms with Crippen molar-refractivity contribution < 1.29 is 19.8 Å². The Balaban J connectivity index is 3.66. The van der Waals surface area contributed by atoms with Gasteiger partial charge in [0.15, 0.2) is 0 Å². The third kappa shape index (κ3) is 2.40. The predicted octanol–water partition coefficient (Wildman–Crippen LogP) is 2.77. The average molecular weight is 306 g/mol. The maximum Gasteiger partial charge on any atom is 0.327 e. The van der Waals surface area contributed by atoms with Crippen molar-refractivity contribution in [2.75, 3.05) is 0 Å². The normalized spacial score (nSPS) is 11.4. The van der Waals surface area contributed by atoms with E-state index in [1.54, 1.807) is 6.92 Å². The smallest absolute Gasteiger partial charge is 0.327 e. The molecule has 0 aliphatic heterocycles. The summed E-state index contributed by atoms with van der Waals surface area (Å²) in [5.74, 6) is -3.00. The van der Waals surface area contributed by atoms with Crippen LogP contribution in [0.1, 0.15) is 31.5 Å². The van der Waals surface area contributed by atoms with Crippen LogP contribution in [-0.4, -0.2) is 27.1 Å². The summed E-state index contributed by atoms with van der Waals surface area (Å²) in [5, 5.41) is 18.9. The SMILES string of the molecule is CCc1c(Cl)cnc(C(CC)(C(=O)O)C(=O)O)c1Cl. The fourth-order valence-electron chi connectivity index (χ4n) is 1.89. The predicted molar refractivity (Wildman–Crippen MR) is 70.9 cm³/mol. The molecule has 0 amide bonds. The fraction of sp³-hybridized carbons (Fsp3) is 0.417. The molecule has 104 valence electrons. The molecule has 1 aromatic rings. The van der Waals surface area contributed by atoms with E-state index in [1.807, 2.05) is 0 Å². The second kappa shape index (κ2) is 5.75. The van der Waals surface area contributed by atoms with Crippen LogP contribution in [0.3, 0.4) is 0 Å². The number of pyridine rings is 1. The molecule has 7 heteroatoms. The van der Waals surface area contributed by atoms with Crippen molar-refractivity contribution in [3.8, 4) is 0 Å². The highest BCUT2D eigenvalue weighted by Crippen LogP contribution is 2.36. The van der Waals surface area contributed by atoms with Gasteiger partial charge in [0.05, 0.1) is 15.7 Å². The van der Waals surface area contributed by atoms with E-state index >= 15 is 0 Å². The van der Waals surface area contributed by atoms with Crippen LogP contribution in [0.2, 0.25) is 10.0 Å². The topological polar surface area (TPSA) is 87.5 Å². The monoisotopic (exact) mass is 305 g/mol. The Morgan fingerprint density at radius 1 is 1.26 bits per heavy atom. The Bertz CT molecular complexity index is 517. The highest BCUT2D eigenvalue weighted by atomic mass is 35.5. The van der Waals surface area contributed by atoms with Crippen molar-refractivity contribution in [1.29, 1.82) is 0 Å². The summed E-state index contributed by atoms with van der Waals surface area (Å²) in [5.41, 5.74) is -1.85. The molecule has 0 atom stereocenters. The van der Waals surface area contributed by atoms with Crippen molar-refractivity contribution in [2.45, 2.75) is 32.1 Å². The van der Waals surface area contributed by atoms with Gasteiger partial charge in [0.2, 0.25) is 5.41 Å². The number of hydrogen-bond donors (Lipinski definition) is 2. The summed E-state index contributed by atoms with van der Waals surface area (Å²) in [6.45, 7) is 3.24. The molecule has 1 rings (SSSR count). The molecule has 0 saturated heterocycles. The van der Waals surface area contributed by atoms with E-state index in [4.69, 9.17) is 23.2 Å². The minimum absolute atomic E-state index is 0.00153. The van der Waals surface area contributed by atoms with Crippen LogP contribution >= 0.6 is 23.2 Å². The molecule has 0 bridgehead atoms. The van der Waals surface area contributed by atoms with Crippen LogP contribution in [-0.2, 0) is 21.4 Å². The van der Waals surface area contributed by atoms with E-state index in [1.165, 1.54) is 13.1 Å². The average Bonchev–Trinajstić information content (AvgIpc) is 2.33. The zero-order valence-electron chi connectivity index (χ0n) is 10.4. The van der Waals surface area contributed by atoms with Gasteiger partial charge in [-0.25, -0.2) is 0 Å². The first-order chi connectivity index (χ1) is 8.82. The summed E-state index contributed by atoms with van der Waals surface area (Å²) < 4.78 is 0. The molecule has 0 fully saturated rings. The van der Waals surface area contributed by atoms with E-state index < -0.39 is 17.4 Å². The summed E-state index contributed by atoms with van der Waals surface area (Å²) in [4.78, 5) is 26.7. The third-order valence-corrected chi connectivity index (χ3v) is 3.82. The van der Waals surface area contributed by atoms with Crippen molar-refractivity contribution in [3.05, 3.63) is 27.5 Å². The van der Waals surface area contributed by atoms with E-state index in [9.17, 15) is 19.8 Å². The number of carboxylic acids is 2. The number of aromatic nitrogens is 1. The molecule has 1 aromatic heterocycles. The molecule has 0 unspecified atom stereocenters. The molecule has 0 radical (unpaired) electrons. The van der Waals surface area contributed by atoms with E-state index in [0.717, 1.165) is 0 Å². The Hall–Kier alpha value is -1.33. The summed E-state index contributed by atoms with van der Waals surface area (Å²) in [6.07, 6.45) is 1.51. The summed E-state index contributed by atoms with van der Waals surface area (Å²) in [6, 6.07) is 0. The maximum absolute atomic E-state index is 11.4. The second-order valence-corrected chi connectivity index (χ2v) is 4.76. The number of carboxylic acid groups (broad SMARTS) is 2. The first kappa shape index (κ1) is 15.7. The lowest BCUT2D eigenvalue weighted by molar-refractivity contribution is -0.158. The Morgan fingerprint density at radius 3 is 2.16 bits per heavy atom. The number of aliphatic carboxylic acids is 2. The number of carbonyl (C=O) groups is 2. The highest BCUT2D eigenvalue weighted by Gasteiger charge is 2.50. The lowest BCUT2D eigenvalue weighted by atomic mass is 9.80. The largest absolute Gasteiger partial charge is 0.480 e. The van der Waals surface area contributed by atoms with Crippen LogP contribution < -0.4 is 0 Å². The van der Waals surface area contributed by atoms with E-state index in [-0.39, 0.29) is 22.2 Å². The first-order valence-corrected chi connectivity index (χ1v) is 6.38. The van der Waals surface area contributed by atoms with Crippen molar-refractivity contribution in [1.82, 2.24) is 4.98 Å². The third-order valence-electron chi connectivity index (χ3n) is 3.09. The number of hydrogen-bond acceptors (Lipinski definition) is 3. The van der Waals surface area contributed by atoms with Crippen LogP contribution in [0.15, 0.2) is 6.20 Å². The van der Waals surface area contributed by atoms with Gasteiger partial charge in [0.1, 0.15) is 0 Å². The van der Waals surface area contributed by atoms with Gasteiger partial charge in [-0.1, -0.05) is 37.0 Å². The first-order valence-electron chi connectivity index (χ1n) is 5.63. The maximum atomic E-state index is 11.4. The summed E-state index contributed by atoms with van der Waals surface area (Å²) >= 11 is 12.0. The quantitative estimate of drug-likeness (QED) is 0.817. The lowest BCUT2D eigenvalue weighted by Gasteiger charge is -2.24. The zero-order valence-corrected chi connectivity index (χ0v) is 11.9. The molecule has 1 heterocycles. The molecule has 2 N–H and O–H groups in total. The number of nitrogens with zero attached hydrogens (tertiary/aromatic N) is 1. The Kier molecular flexibility index (Phi) is 4.76. The molecule has 0 spiro atoms. The van der Waals surface area contributed by atoms with Gasteiger partial charge in [-0.05, 0) is 18.4 Å². The molecule has 0 aliphatic rings. The Labute approximate surface area is 120 Å². The standard InChI is InChI=1S/C12H13Cl2NO4/c1-3-6-7(13)5-15-9(8(6)14)12(4-2,10(16)17)11(18)19/h5H,3-4H2,1-2H3,(H,16,17)(H,18,19). The highest BCUT2D eigenvalue weighted by molar-refractivity contribution is 6.36. The van der Waals surface area contributed by atoms with Gasteiger partial charge in [-0.2, -0.15) is 0 Å². The molecule has 0 aliphatic carbocycles. The second-order valence-electron chi connectivity index (χ2n) is 3.97. The van der Waals surface area contributed by atoms with Crippen molar-refractivity contribution in [3.63, 3.8) is 0 Å². The van der Waals surface area contributed by atoms with Gasteiger partial charge in [-0.3, -0.25) is 14.6 Å². The van der Waals surface area contributed by atoms with Crippen molar-refractivity contribution in [2.24, 2.45) is 0 Å². The number of rotatable bonds is 5. The van der Waals surface area contributed by atoms with Gasteiger partial charge >= 0.3 is 11.9 Å². The summed E-state index contributed by atoms with van der Waals surface area (Å²) in [7, 11) is 0. The van der Waals surface area contributed by atoms with Crippen molar-refractivity contribution >= 4 is 35.1 Å². The van der Waals surface area contributed by atoms with E-state index in [0.29, 0.717) is 12.0 Å². The molecule has 0 saturated carbocycles. The van der Waals surface area contributed by atoms with Gasteiger partial charge < -0.3 is 10.2 Å². The van der Waals surface area contributed by atoms with Gasteiger partial charge in [-0.15, -0.1) is 0 Å². The number of halogens is 2. The molecule has 19 heavy (non-hydrogen) atoms. The Morgan fingerprint density at radius 2 is 1.79 bits per heavy atom. The van der Waals surface area contributed by atoms with Crippen LogP contribution in [0.5, 0.6) is 0 Å². The molecular formula is C12H13Cl2NO4. The van der Waals surface area contributed by atoms with Crippen LogP contribution in [0, 0.1) is 0 Å². The van der Waals surface area contributed by atoms with Gasteiger partial charge in [0, 0.05) is 6.20 Å². The minimum Gasteiger partial charge on any atom is -0.480 e. The molecule has 0 aromatic carbocycles. The zero-order chi connectivity index (χ0) is 14.8. The van der Waals surface area contributed by atoms with Crippen LogP contribution in [0.25, 0.3) is 0 Å².